The molecule has 0 unspecified atom stereocenters. The molecule has 25 heavy (non-hydrogen) atoms. The van der Waals surface area contributed by atoms with Gasteiger partial charge in [0.25, 0.3) is 0 Å². The van der Waals surface area contributed by atoms with Gasteiger partial charge in [0, 0.05) is 11.9 Å². The fourth-order valence-corrected chi connectivity index (χ4v) is 5.25. The van der Waals surface area contributed by atoms with Gasteiger partial charge < -0.3 is 9.30 Å². The van der Waals surface area contributed by atoms with Crippen molar-refractivity contribution in [3.8, 4) is 0 Å². The van der Waals surface area contributed by atoms with Gasteiger partial charge in [-0.3, -0.25) is 0 Å². The Morgan fingerprint density at radius 3 is 2.56 bits per heavy atom. The Balaban J connectivity index is 1.78. The van der Waals surface area contributed by atoms with E-state index in [0.717, 1.165) is 5.65 Å². The van der Waals surface area contributed by atoms with Crippen LogP contribution in [0.3, 0.4) is 0 Å². The number of aromatic nitrogens is 2. The number of imidazole rings is 1. The summed E-state index contributed by atoms with van der Waals surface area (Å²) in [6, 6.07) is 15.5. The molecular weight excluding hydrogens is 306 g/mol. The van der Waals surface area contributed by atoms with Crippen LogP contribution in [0.5, 0.6) is 0 Å². The minimum Gasteiger partial charge on any atom is -0.352 e. The van der Waals surface area contributed by atoms with E-state index in [-0.39, 0.29) is 5.54 Å². The summed E-state index contributed by atoms with van der Waals surface area (Å²) in [4.78, 5) is 7.84. The van der Waals surface area contributed by atoms with Gasteiger partial charge in [0.2, 0.25) is 0 Å². The zero-order valence-corrected chi connectivity index (χ0v) is 15.1. The van der Waals surface area contributed by atoms with E-state index in [9.17, 15) is 0 Å². The van der Waals surface area contributed by atoms with Crippen molar-refractivity contribution in [2.75, 3.05) is 4.90 Å². The Bertz CT molecular complexity index is 933. The van der Waals surface area contributed by atoms with Crippen LogP contribution in [0.2, 0.25) is 0 Å². The molecule has 1 aliphatic carbocycles. The number of aryl methyl sites for hydroxylation is 1. The van der Waals surface area contributed by atoms with E-state index in [4.69, 9.17) is 4.98 Å². The van der Waals surface area contributed by atoms with Crippen LogP contribution in [-0.4, -0.2) is 9.38 Å². The predicted molar refractivity (Wildman–Crippen MR) is 102 cm³/mol. The molecule has 1 aromatic carbocycles. The third kappa shape index (κ3) is 1.95. The van der Waals surface area contributed by atoms with Crippen LogP contribution in [0.4, 0.5) is 5.69 Å². The van der Waals surface area contributed by atoms with E-state index in [1.54, 1.807) is 0 Å². The van der Waals surface area contributed by atoms with Crippen LogP contribution in [0.1, 0.15) is 62.0 Å². The van der Waals surface area contributed by atoms with Crippen molar-refractivity contribution in [2.45, 2.75) is 57.5 Å². The Morgan fingerprint density at radius 1 is 1.00 bits per heavy atom. The van der Waals surface area contributed by atoms with Crippen molar-refractivity contribution in [1.82, 2.24) is 9.38 Å². The maximum absolute atomic E-state index is 5.15. The summed E-state index contributed by atoms with van der Waals surface area (Å²) in [6.07, 6.45) is 8.53. The van der Waals surface area contributed by atoms with Gasteiger partial charge in [0.05, 0.1) is 23.0 Å². The molecule has 1 saturated carbocycles. The lowest BCUT2D eigenvalue weighted by Crippen LogP contribution is -2.44. The average Bonchev–Trinajstić information content (AvgIpc) is 3.13. The van der Waals surface area contributed by atoms with Crippen LogP contribution >= 0.6 is 0 Å². The topological polar surface area (TPSA) is 20.5 Å². The van der Waals surface area contributed by atoms with E-state index in [1.165, 1.54) is 54.7 Å². The second-order valence-corrected chi connectivity index (χ2v) is 7.70. The number of nitrogens with zero attached hydrogens (tertiary/aromatic N) is 3. The third-order valence-corrected chi connectivity index (χ3v) is 6.31. The number of hydrogen-bond acceptors (Lipinski definition) is 2. The highest BCUT2D eigenvalue weighted by atomic mass is 15.3. The Labute approximate surface area is 149 Å². The van der Waals surface area contributed by atoms with Crippen LogP contribution in [0.25, 0.3) is 5.65 Å². The fraction of sp³-hybridized carbons (Fsp3) is 0.409. The van der Waals surface area contributed by atoms with Gasteiger partial charge in [-0.2, -0.15) is 0 Å². The minimum atomic E-state index is 0.0606. The molecule has 3 heteroatoms. The molecule has 0 radical (unpaired) electrons. The van der Waals surface area contributed by atoms with Crippen LogP contribution < -0.4 is 4.90 Å². The maximum Gasteiger partial charge on any atom is 0.137 e. The van der Waals surface area contributed by atoms with Crippen LogP contribution in [0, 0.1) is 6.92 Å². The number of para-hydroxylation sites is 1. The standard InChI is InChI=1S/C22H25N3/c1-16-10-4-5-11-18(16)25-17(2)20-21(22(25)13-7-3-8-14-22)23-19-12-6-9-15-24(19)20/h4-6,9-12,15,17H,3,7-8,13-14H2,1-2H3/t17-/m0/s1. The number of rotatable bonds is 1. The molecule has 3 heterocycles. The van der Waals surface area contributed by atoms with Gasteiger partial charge in [0.1, 0.15) is 5.65 Å². The third-order valence-electron chi connectivity index (χ3n) is 6.31. The predicted octanol–water partition coefficient (Wildman–Crippen LogP) is 5.38. The summed E-state index contributed by atoms with van der Waals surface area (Å²) < 4.78 is 2.31. The number of hydrogen-bond donors (Lipinski definition) is 0. The molecule has 2 aliphatic rings. The SMILES string of the molecule is Cc1ccccc1N1[C@@H](C)c2c(nc3ccccn23)C12CCCCC2. The lowest BCUT2D eigenvalue weighted by molar-refractivity contribution is 0.278. The highest BCUT2D eigenvalue weighted by molar-refractivity contribution is 5.63. The van der Waals surface area contributed by atoms with Gasteiger partial charge >= 0.3 is 0 Å². The van der Waals surface area contributed by atoms with E-state index in [0.29, 0.717) is 6.04 Å². The second kappa shape index (κ2) is 5.35. The molecule has 0 saturated heterocycles. The van der Waals surface area contributed by atoms with Crippen LogP contribution in [-0.2, 0) is 5.54 Å². The first-order chi connectivity index (χ1) is 12.2. The maximum atomic E-state index is 5.15. The quantitative estimate of drug-likeness (QED) is 0.596. The zero-order valence-electron chi connectivity index (χ0n) is 15.1. The summed E-state index contributed by atoms with van der Waals surface area (Å²) in [6.45, 7) is 4.59. The van der Waals surface area contributed by atoms with Crippen LogP contribution in [0.15, 0.2) is 48.7 Å². The molecule has 5 rings (SSSR count). The molecule has 1 fully saturated rings. The van der Waals surface area contributed by atoms with E-state index >= 15 is 0 Å². The lowest BCUT2D eigenvalue weighted by Gasteiger charge is -2.45. The monoisotopic (exact) mass is 331 g/mol. The Kier molecular flexibility index (Phi) is 3.21. The molecule has 128 valence electrons. The summed E-state index contributed by atoms with van der Waals surface area (Å²) in [7, 11) is 0. The lowest BCUT2D eigenvalue weighted by atomic mass is 9.79. The van der Waals surface area contributed by atoms with Crippen molar-refractivity contribution >= 4 is 11.3 Å². The smallest absolute Gasteiger partial charge is 0.137 e. The average molecular weight is 331 g/mol. The van der Waals surface area contributed by atoms with Gasteiger partial charge in [0.15, 0.2) is 0 Å². The van der Waals surface area contributed by atoms with Gasteiger partial charge in [-0.1, -0.05) is 43.5 Å². The van der Waals surface area contributed by atoms with E-state index < -0.39 is 0 Å². The second-order valence-electron chi connectivity index (χ2n) is 7.70. The first-order valence-electron chi connectivity index (χ1n) is 9.55. The molecule has 2 aromatic heterocycles. The molecule has 0 bridgehead atoms. The van der Waals surface area contributed by atoms with Gasteiger partial charge in [-0.15, -0.1) is 0 Å². The van der Waals surface area contributed by atoms with Crippen molar-refractivity contribution in [1.29, 1.82) is 0 Å². The first kappa shape index (κ1) is 15.0. The van der Waals surface area contributed by atoms with Crippen molar-refractivity contribution in [3.63, 3.8) is 0 Å². The Morgan fingerprint density at radius 2 is 1.76 bits per heavy atom. The van der Waals surface area contributed by atoms with Gasteiger partial charge in [-0.05, 0) is 50.5 Å². The van der Waals surface area contributed by atoms with Gasteiger partial charge in [-0.25, -0.2) is 4.98 Å². The highest BCUT2D eigenvalue weighted by Crippen LogP contribution is 2.55. The molecule has 3 nitrogen and oxygen atoms in total. The number of anilines is 1. The molecule has 1 aliphatic heterocycles. The molecule has 1 atom stereocenters. The summed E-state index contributed by atoms with van der Waals surface area (Å²) >= 11 is 0. The fourth-order valence-electron chi connectivity index (χ4n) is 5.25. The number of pyridine rings is 1. The van der Waals surface area contributed by atoms with Crippen molar-refractivity contribution in [3.05, 3.63) is 65.6 Å². The first-order valence-corrected chi connectivity index (χ1v) is 9.55. The summed E-state index contributed by atoms with van der Waals surface area (Å²) in [5.41, 5.74) is 6.60. The molecule has 3 aromatic rings. The highest BCUT2D eigenvalue weighted by Gasteiger charge is 2.52. The summed E-state index contributed by atoms with van der Waals surface area (Å²) in [5.74, 6) is 0. The summed E-state index contributed by atoms with van der Waals surface area (Å²) in [5, 5.41) is 0. The number of benzene rings is 1. The Hall–Kier alpha value is -2.29. The molecule has 1 spiro atoms. The molecule has 0 N–H and O–H groups in total. The molecule has 0 amide bonds. The minimum absolute atomic E-state index is 0.0606. The van der Waals surface area contributed by atoms with E-state index in [1.807, 2.05) is 0 Å². The van der Waals surface area contributed by atoms with Crippen molar-refractivity contribution < 1.29 is 0 Å². The normalized spacial score (nSPS) is 21.8. The largest absolute Gasteiger partial charge is 0.352 e. The van der Waals surface area contributed by atoms with Crippen molar-refractivity contribution in [2.24, 2.45) is 0 Å². The zero-order chi connectivity index (χ0) is 17.0. The van der Waals surface area contributed by atoms with E-state index in [2.05, 4.69) is 71.8 Å². The molecular formula is C22H25N3. The number of fused-ring (bicyclic) bond motifs is 4.